The Balaban J connectivity index is 2.09. The van der Waals surface area contributed by atoms with Gasteiger partial charge in [0, 0.05) is 38.8 Å². The third-order valence-corrected chi connectivity index (χ3v) is 6.52. The van der Waals surface area contributed by atoms with Crippen LogP contribution >= 0.6 is 0 Å². The Morgan fingerprint density at radius 3 is 2.42 bits per heavy atom. The fraction of sp³-hybridized carbons (Fsp3) is 0.444. The molecule has 1 aromatic carbocycles. The highest BCUT2D eigenvalue weighted by molar-refractivity contribution is 7.89. The molecule has 142 valence electrons. The zero-order valence-corrected chi connectivity index (χ0v) is 16.2. The molecule has 0 aromatic heterocycles. The van der Waals surface area contributed by atoms with E-state index in [1.54, 1.807) is 24.0 Å². The normalized spacial score (nSPS) is 15.8. The third-order valence-electron chi connectivity index (χ3n) is 4.57. The van der Waals surface area contributed by atoms with Crippen LogP contribution in [0.3, 0.4) is 0 Å². The van der Waals surface area contributed by atoms with E-state index in [2.05, 4.69) is 11.9 Å². The number of nitrogens with one attached hydrogen (secondary N) is 1. The lowest BCUT2D eigenvalue weighted by Crippen LogP contribution is -2.40. The average Bonchev–Trinajstić information content (AvgIpc) is 2.62. The highest BCUT2D eigenvalue weighted by atomic mass is 32.2. The number of amides is 2. The van der Waals surface area contributed by atoms with E-state index in [1.165, 1.54) is 26.2 Å². The summed E-state index contributed by atoms with van der Waals surface area (Å²) in [5.74, 6) is -0.493. The maximum atomic E-state index is 12.5. The van der Waals surface area contributed by atoms with Gasteiger partial charge in [-0.15, -0.1) is 0 Å². The summed E-state index contributed by atoms with van der Waals surface area (Å²) in [7, 11) is -0.641. The molecule has 2 amide bonds. The molecule has 7 nitrogen and oxygen atoms in total. The van der Waals surface area contributed by atoms with E-state index in [0.717, 1.165) is 4.31 Å². The van der Waals surface area contributed by atoms with Crippen molar-refractivity contribution in [1.82, 2.24) is 9.21 Å². The summed E-state index contributed by atoms with van der Waals surface area (Å²) < 4.78 is 25.9. The number of sulfonamides is 1. The highest BCUT2D eigenvalue weighted by Crippen LogP contribution is 2.24. The van der Waals surface area contributed by atoms with E-state index >= 15 is 0 Å². The minimum Gasteiger partial charge on any atom is -0.339 e. The fourth-order valence-electron chi connectivity index (χ4n) is 2.89. The predicted molar refractivity (Wildman–Crippen MR) is 100 cm³/mol. The zero-order chi connectivity index (χ0) is 19.5. The van der Waals surface area contributed by atoms with E-state index in [4.69, 9.17) is 0 Å². The summed E-state index contributed by atoms with van der Waals surface area (Å²) in [6.07, 6.45) is 2.42. The Kier molecular flexibility index (Phi) is 6.20. The van der Waals surface area contributed by atoms with E-state index in [-0.39, 0.29) is 22.6 Å². The number of hydrogen-bond donors (Lipinski definition) is 1. The van der Waals surface area contributed by atoms with Crippen LogP contribution in [-0.4, -0.2) is 56.6 Å². The Hall–Kier alpha value is -2.19. The lowest BCUT2D eigenvalue weighted by atomic mass is 9.95. The number of anilines is 1. The molecule has 0 aliphatic carbocycles. The molecule has 0 atom stereocenters. The van der Waals surface area contributed by atoms with E-state index in [1.807, 2.05) is 0 Å². The lowest BCUT2D eigenvalue weighted by Gasteiger charge is -2.30. The molecule has 2 rings (SSSR count). The van der Waals surface area contributed by atoms with Gasteiger partial charge in [-0.05, 0) is 43.5 Å². The second-order valence-corrected chi connectivity index (χ2v) is 8.68. The number of likely N-dealkylation sites (tertiary alicyclic amines) is 1. The van der Waals surface area contributed by atoms with Gasteiger partial charge in [-0.3, -0.25) is 9.59 Å². The van der Waals surface area contributed by atoms with Gasteiger partial charge in [0.05, 0.1) is 4.90 Å². The summed E-state index contributed by atoms with van der Waals surface area (Å²) in [6, 6.07) is 4.86. The summed E-state index contributed by atoms with van der Waals surface area (Å²) in [6.45, 7) is 6.21. The van der Waals surface area contributed by atoms with Crippen LogP contribution in [0.4, 0.5) is 5.69 Å². The molecule has 1 aliphatic rings. The summed E-state index contributed by atoms with van der Waals surface area (Å²) in [5.41, 5.74) is 1.07. The van der Waals surface area contributed by atoms with Crippen molar-refractivity contribution in [1.29, 1.82) is 0 Å². The van der Waals surface area contributed by atoms with Crippen LogP contribution in [0, 0.1) is 12.8 Å². The monoisotopic (exact) mass is 379 g/mol. The highest BCUT2D eigenvalue weighted by Gasteiger charge is 2.27. The maximum Gasteiger partial charge on any atom is 0.245 e. The first-order chi connectivity index (χ1) is 12.2. The SMILES string of the molecule is C=CC(=O)N1CCC(C(=O)Nc2ccc(C)c(S(=O)(=O)N(C)C)c2)CC1. The number of hydrogen-bond acceptors (Lipinski definition) is 4. The van der Waals surface area contributed by atoms with E-state index < -0.39 is 10.0 Å². The van der Waals surface area contributed by atoms with Crippen molar-refractivity contribution in [3.63, 3.8) is 0 Å². The van der Waals surface area contributed by atoms with Crippen molar-refractivity contribution < 1.29 is 18.0 Å². The lowest BCUT2D eigenvalue weighted by molar-refractivity contribution is -0.130. The predicted octanol–water partition coefficient (Wildman–Crippen LogP) is 1.61. The Labute approximate surface area is 154 Å². The van der Waals surface area contributed by atoms with Gasteiger partial charge in [0.25, 0.3) is 0 Å². The molecule has 1 heterocycles. The van der Waals surface area contributed by atoms with Crippen molar-refractivity contribution in [2.75, 3.05) is 32.5 Å². The first kappa shape index (κ1) is 20.1. The Morgan fingerprint density at radius 2 is 1.88 bits per heavy atom. The van der Waals surface area contributed by atoms with Crippen molar-refractivity contribution in [2.24, 2.45) is 5.92 Å². The fourth-order valence-corrected chi connectivity index (χ4v) is 4.03. The van der Waals surface area contributed by atoms with E-state index in [9.17, 15) is 18.0 Å². The van der Waals surface area contributed by atoms with Crippen LogP contribution in [0.5, 0.6) is 0 Å². The van der Waals surface area contributed by atoms with Crippen LogP contribution in [0.15, 0.2) is 35.7 Å². The quantitative estimate of drug-likeness (QED) is 0.788. The van der Waals surface area contributed by atoms with Gasteiger partial charge in [0.2, 0.25) is 21.8 Å². The molecule has 0 saturated carbocycles. The van der Waals surface area contributed by atoms with Crippen molar-refractivity contribution in [3.8, 4) is 0 Å². The van der Waals surface area contributed by atoms with E-state index in [0.29, 0.717) is 37.2 Å². The second-order valence-electron chi connectivity index (χ2n) is 6.56. The molecule has 1 aliphatic heterocycles. The van der Waals surface area contributed by atoms with Crippen LogP contribution in [-0.2, 0) is 19.6 Å². The van der Waals surface area contributed by atoms with Gasteiger partial charge >= 0.3 is 0 Å². The molecule has 1 fully saturated rings. The molecule has 0 radical (unpaired) electrons. The number of aryl methyl sites for hydroxylation is 1. The average molecular weight is 379 g/mol. The molecule has 1 aromatic rings. The summed E-state index contributed by atoms with van der Waals surface area (Å²) in [5, 5.41) is 2.80. The standard InChI is InChI=1S/C18H25N3O4S/c1-5-17(22)21-10-8-14(9-11-21)18(23)19-15-7-6-13(2)16(12-15)26(24,25)20(3)4/h5-7,12,14H,1,8-11H2,2-4H3,(H,19,23). The van der Waals surface area contributed by atoms with Gasteiger partial charge < -0.3 is 10.2 Å². The molecule has 0 bridgehead atoms. The van der Waals surface area contributed by atoms with Gasteiger partial charge in [-0.25, -0.2) is 12.7 Å². The molecule has 1 N–H and O–H groups in total. The van der Waals surface area contributed by atoms with Crippen LogP contribution in [0.25, 0.3) is 0 Å². The molecule has 26 heavy (non-hydrogen) atoms. The smallest absolute Gasteiger partial charge is 0.245 e. The number of nitrogens with zero attached hydrogens (tertiary/aromatic N) is 2. The van der Waals surface area contributed by atoms with Gasteiger partial charge in [0.1, 0.15) is 0 Å². The second kappa shape index (κ2) is 8.01. The number of piperidine rings is 1. The first-order valence-corrected chi connectivity index (χ1v) is 9.86. The Morgan fingerprint density at radius 1 is 1.27 bits per heavy atom. The van der Waals surface area contributed by atoms with Crippen molar-refractivity contribution in [3.05, 3.63) is 36.4 Å². The van der Waals surface area contributed by atoms with Crippen LogP contribution in [0.1, 0.15) is 18.4 Å². The van der Waals surface area contributed by atoms with Crippen LogP contribution in [0.2, 0.25) is 0 Å². The molecular weight excluding hydrogens is 354 g/mol. The molecule has 1 saturated heterocycles. The minimum atomic E-state index is -3.58. The molecular formula is C18H25N3O4S. The van der Waals surface area contributed by atoms with Gasteiger partial charge in [0.15, 0.2) is 0 Å². The third kappa shape index (κ3) is 4.31. The molecule has 0 unspecified atom stereocenters. The topological polar surface area (TPSA) is 86.8 Å². The van der Waals surface area contributed by atoms with Gasteiger partial charge in [-0.2, -0.15) is 0 Å². The summed E-state index contributed by atoms with van der Waals surface area (Å²) in [4.78, 5) is 25.9. The Bertz CT molecular complexity index is 810. The molecule has 8 heteroatoms. The number of carbonyl (C=O) groups is 2. The minimum absolute atomic E-state index is 0.124. The van der Waals surface area contributed by atoms with Gasteiger partial charge in [-0.1, -0.05) is 12.6 Å². The largest absolute Gasteiger partial charge is 0.339 e. The maximum absolute atomic E-state index is 12.5. The number of carbonyl (C=O) groups excluding carboxylic acids is 2. The first-order valence-electron chi connectivity index (χ1n) is 8.42. The number of benzene rings is 1. The van der Waals surface area contributed by atoms with Crippen molar-refractivity contribution in [2.45, 2.75) is 24.7 Å². The molecule has 0 spiro atoms. The summed E-state index contributed by atoms with van der Waals surface area (Å²) >= 11 is 0. The van der Waals surface area contributed by atoms with Crippen LogP contribution < -0.4 is 5.32 Å². The zero-order valence-electron chi connectivity index (χ0n) is 15.4. The van der Waals surface area contributed by atoms with Crippen molar-refractivity contribution >= 4 is 27.5 Å². The number of rotatable bonds is 5.